The first-order chi connectivity index (χ1) is 10.6. The van der Waals surface area contributed by atoms with E-state index < -0.39 is 6.04 Å². The Labute approximate surface area is 130 Å². The molecule has 2 amide bonds. The predicted molar refractivity (Wildman–Crippen MR) is 83.9 cm³/mol. The van der Waals surface area contributed by atoms with Crippen LogP contribution in [-0.2, 0) is 9.59 Å². The number of methoxy groups -OCH3 is 1. The van der Waals surface area contributed by atoms with Crippen LogP contribution in [0.25, 0.3) is 0 Å². The second-order valence-electron chi connectivity index (χ2n) is 6.03. The van der Waals surface area contributed by atoms with Crippen molar-refractivity contribution in [2.45, 2.75) is 32.2 Å². The molecule has 1 saturated heterocycles. The van der Waals surface area contributed by atoms with Gasteiger partial charge in [0.1, 0.15) is 11.8 Å². The Kier molecular flexibility index (Phi) is 4.05. The van der Waals surface area contributed by atoms with E-state index in [1.54, 1.807) is 16.9 Å². The zero-order valence-corrected chi connectivity index (χ0v) is 13.1. The predicted octanol–water partition coefficient (Wildman–Crippen LogP) is 2.06. The van der Waals surface area contributed by atoms with E-state index in [1.807, 2.05) is 31.2 Å². The van der Waals surface area contributed by atoms with Gasteiger partial charge in [0.15, 0.2) is 0 Å². The van der Waals surface area contributed by atoms with Crippen molar-refractivity contribution in [2.75, 3.05) is 25.1 Å². The minimum Gasteiger partial charge on any atom is -0.497 e. The molecule has 1 aliphatic carbocycles. The molecule has 0 radical (unpaired) electrons. The number of carbonyl (C=O) groups excluding carboxylic acids is 2. The first kappa shape index (κ1) is 14.9. The Bertz CT molecular complexity index is 583. The zero-order chi connectivity index (χ0) is 15.7. The Hall–Kier alpha value is -2.04. The Morgan fingerprint density at radius 1 is 1.27 bits per heavy atom. The maximum atomic E-state index is 12.7. The van der Waals surface area contributed by atoms with Gasteiger partial charge in [-0.1, -0.05) is 12.5 Å². The lowest BCUT2D eigenvalue weighted by Gasteiger charge is -2.41. The van der Waals surface area contributed by atoms with Crippen LogP contribution in [0.4, 0.5) is 5.69 Å². The van der Waals surface area contributed by atoms with Gasteiger partial charge < -0.3 is 14.5 Å². The molecule has 0 aromatic heterocycles. The smallest absolute Gasteiger partial charge is 0.249 e. The molecule has 5 heteroatoms. The SMILES string of the molecule is COc1cccc(N2CCN(C(=O)C3CCC3)C(C)C2=O)c1. The molecule has 2 fully saturated rings. The monoisotopic (exact) mass is 302 g/mol. The van der Waals surface area contributed by atoms with Crippen molar-refractivity contribution >= 4 is 17.5 Å². The van der Waals surface area contributed by atoms with Crippen molar-refractivity contribution in [3.8, 4) is 5.75 Å². The molecule has 5 nitrogen and oxygen atoms in total. The topological polar surface area (TPSA) is 49.9 Å². The van der Waals surface area contributed by atoms with Crippen LogP contribution in [0.5, 0.6) is 5.75 Å². The van der Waals surface area contributed by atoms with Gasteiger partial charge in [-0.25, -0.2) is 0 Å². The number of amides is 2. The molecular weight excluding hydrogens is 280 g/mol. The van der Waals surface area contributed by atoms with Crippen LogP contribution in [0.2, 0.25) is 0 Å². The molecule has 1 heterocycles. The summed E-state index contributed by atoms with van der Waals surface area (Å²) in [6.07, 6.45) is 3.06. The van der Waals surface area contributed by atoms with Crippen molar-refractivity contribution in [1.82, 2.24) is 4.90 Å². The first-order valence-electron chi connectivity index (χ1n) is 7.87. The fraction of sp³-hybridized carbons (Fsp3) is 0.529. The third kappa shape index (κ3) is 2.56. The van der Waals surface area contributed by atoms with Crippen LogP contribution in [-0.4, -0.2) is 43.0 Å². The summed E-state index contributed by atoms with van der Waals surface area (Å²) in [5.41, 5.74) is 0.826. The van der Waals surface area contributed by atoms with E-state index in [0.29, 0.717) is 13.1 Å². The molecule has 0 N–H and O–H groups in total. The van der Waals surface area contributed by atoms with Gasteiger partial charge in [0, 0.05) is 30.8 Å². The molecule has 0 spiro atoms. The summed E-state index contributed by atoms with van der Waals surface area (Å²) in [5, 5.41) is 0. The lowest BCUT2D eigenvalue weighted by molar-refractivity contribution is -0.146. The lowest BCUT2D eigenvalue weighted by Crippen LogP contribution is -2.59. The lowest BCUT2D eigenvalue weighted by atomic mass is 9.84. The molecule has 1 aromatic rings. The van der Waals surface area contributed by atoms with Gasteiger partial charge in [-0.15, -0.1) is 0 Å². The fourth-order valence-electron chi connectivity index (χ4n) is 3.10. The summed E-state index contributed by atoms with van der Waals surface area (Å²) in [7, 11) is 1.61. The molecule has 1 unspecified atom stereocenters. The van der Waals surface area contributed by atoms with Crippen LogP contribution in [0.3, 0.4) is 0 Å². The average molecular weight is 302 g/mol. The van der Waals surface area contributed by atoms with E-state index in [9.17, 15) is 9.59 Å². The highest BCUT2D eigenvalue weighted by Crippen LogP contribution is 2.31. The summed E-state index contributed by atoms with van der Waals surface area (Å²) in [6.45, 7) is 2.96. The average Bonchev–Trinajstić information content (AvgIpc) is 2.48. The zero-order valence-electron chi connectivity index (χ0n) is 13.1. The number of benzene rings is 1. The van der Waals surface area contributed by atoms with Gasteiger partial charge in [-0.3, -0.25) is 9.59 Å². The van der Waals surface area contributed by atoms with E-state index >= 15 is 0 Å². The molecule has 1 aromatic carbocycles. The Morgan fingerprint density at radius 2 is 2.05 bits per heavy atom. The molecule has 1 aliphatic heterocycles. The molecule has 2 aliphatic rings. The third-order valence-electron chi connectivity index (χ3n) is 4.76. The van der Waals surface area contributed by atoms with Crippen LogP contribution in [0, 0.1) is 5.92 Å². The normalized spacial score (nSPS) is 22.5. The maximum absolute atomic E-state index is 12.7. The molecule has 1 atom stereocenters. The van der Waals surface area contributed by atoms with E-state index in [0.717, 1.165) is 30.7 Å². The van der Waals surface area contributed by atoms with Crippen molar-refractivity contribution in [2.24, 2.45) is 5.92 Å². The summed E-state index contributed by atoms with van der Waals surface area (Å²) in [5.74, 6) is 0.995. The van der Waals surface area contributed by atoms with Gasteiger partial charge in [-0.2, -0.15) is 0 Å². The molecular formula is C17H22N2O3. The maximum Gasteiger partial charge on any atom is 0.249 e. The summed E-state index contributed by atoms with van der Waals surface area (Å²) in [4.78, 5) is 28.6. The van der Waals surface area contributed by atoms with Gasteiger partial charge in [-0.05, 0) is 31.9 Å². The summed E-state index contributed by atoms with van der Waals surface area (Å²) >= 11 is 0. The highest BCUT2D eigenvalue weighted by atomic mass is 16.5. The molecule has 1 saturated carbocycles. The highest BCUT2D eigenvalue weighted by molar-refractivity contribution is 6.00. The van der Waals surface area contributed by atoms with Gasteiger partial charge >= 0.3 is 0 Å². The minimum absolute atomic E-state index is 0.0211. The number of anilines is 1. The Balaban J connectivity index is 1.75. The number of nitrogens with zero attached hydrogens (tertiary/aromatic N) is 2. The molecule has 22 heavy (non-hydrogen) atoms. The largest absolute Gasteiger partial charge is 0.497 e. The molecule has 3 rings (SSSR count). The van der Waals surface area contributed by atoms with Crippen LogP contribution in [0.15, 0.2) is 24.3 Å². The summed E-state index contributed by atoms with van der Waals surface area (Å²) < 4.78 is 5.22. The van der Waals surface area contributed by atoms with Crippen molar-refractivity contribution < 1.29 is 14.3 Å². The minimum atomic E-state index is -0.395. The second kappa shape index (κ2) is 5.99. The third-order valence-corrected chi connectivity index (χ3v) is 4.76. The van der Waals surface area contributed by atoms with Crippen molar-refractivity contribution in [3.63, 3.8) is 0 Å². The van der Waals surface area contributed by atoms with E-state index in [4.69, 9.17) is 4.74 Å². The van der Waals surface area contributed by atoms with Gasteiger partial charge in [0.25, 0.3) is 0 Å². The van der Waals surface area contributed by atoms with E-state index in [1.165, 1.54) is 0 Å². The van der Waals surface area contributed by atoms with Gasteiger partial charge in [0.05, 0.1) is 7.11 Å². The highest BCUT2D eigenvalue weighted by Gasteiger charge is 2.38. The standard InChI is InChI=1S/C17H22N2O3/c1-12-16(20)19(14-7-4-8-15(11-14)22-2)10-9-18(12)17(21)13-5-3-6-13/h4,7-8,11-13H,3,5-6,9-10H2,1-2H3. The summed E-state index contributed by atoms with van der Waals surface area (Å²) in [6, 6.07) is 7.09. The van der Waals surface area contributed by atoms with Crippen molar-refractivity contribution in [3.05, 3.63) is 24.3 Å². The van der Waals surface area contributed by atoms with Crippen LogP contribution < -0.4 is 9.64 Å². The molecule has 118 valence electrons. The van der Waals surface area contributed by atoms with Gasteiger partial charge in [0.2, 0.25) is 11.8 Å². The molecule has 0 bridgehead atoms. The number of carbonyl (C=O) groups is 2. The number of hydrogen-bond donors (Lipinski definition) is 0. The van der Waals surface area contributed by atoms with Crippen molar-refractivity contribution in [1.29, 1.82) is 0 Å². The number of hydrogen-bond acceptors (Lipinski definition) is 3. The number of rotatable bonds is 3. The fourth-order valence-corrected chi connectivity index (χ4v) is 3.10. The first-order valence-corrected chi connectivity index (χ1v) is 7.87. The number of piperazine rings is 1. The number of ether oxygens (including phenoxy) is 1. The van der Waals surface area contributed by atoms with Crippen LogP contribution in [0.1, 0.15) is 26.2 Å². The second-order valence-corrected chi connectivity index (χ2v) is 6.03. The van der Waals surface area contributed by atoms with E-state index in [-0.39, 0.29) is 17.7 Å². The van der Waals surface area contributed by atoms with Crippen LogP contribution >= 0.6 is 0 Å². The van der Waals surface area contributed by atoms with E-state index in [2.05, 4.69) is 0 Å². The Morgan fingerprint density at radius 3 is 2.68 bits per heavy atom. The quantitative estimate of drug-likeness (QED) is 0.859.